The Kier molecular flexibility index (Phi) is 6.70. The molecule has 1 fully saturated rings. The number of H-pyrrole nitrogens is 2. The minimum absolute atomic E-state index is 0.0301. The maximum Gasteiger partial charge on any atom is 0.224 e. The molecule has 210 valence electrons. The highest BCUT2D eigenvalue weighted by Crippen LogP contribution is 2.34. The highest BCUT2D eigenvalue weighted by molar-refractivity contribution is 6.00. The van der Waals surface area contributed by atoms with Crippen molar-refractivity contribution in [2.75, 3.05) is 5.32 Å². The monoisotopic (exact) mass is 559 g/mol. The number of carbonyl (C=O) groups excluding carboxylic acids is 1. The molecule has 9 heteroatoms. The molecular formula is C33H30FN7O. The summed E-state index contributed by atoms with van der Waals surface area (Å²) in [5.74, 6) is 0.213. The predicted molar refractivity (Wildman–Crippen MR) is 162 cm³/mol. The van der Waals surface area contributed by atoms with Crippen LogP contribution in [0.15, 0.2) is 67.3 Å². The summed E-state index contributed by atoms with van der Waals surface area (Å²) in [5.41, 5.74) is 8.34. The number of nitrogens with one attached hydrogen (secondary N) is 3. The standard InChI is InChI=1S/C33H30FN7O/c1-19-9-21(12-23(34)10-19)26-17-36-18-30-25(26)14-29(38-30)33-32-28(40-41-33)8-7-27(39-32)22-13-24(16-35-15-22)37-31(42)11-20-5-3-2-4-6-20/h7-10,12-18,20,38H,2-6,11H2,1H3,(H,37,42)(H,40,41). The van der Waals surface area contributed by atoms with E-state index in [9.17, 15) is 9.18 Å². The summed E-state index contributed by atoms with van der Waals surface area (Å²) in [6.45, 7) is 1.87. The first kappa shape index (κ1) is 26.0. The number of fused-ring (bicyclic) bond motifs is 2. The van der Waals surface area contributed by atoms with Crippen molar-refractivity contribution < 1.29 is 9.18 Å². The Morgan fingerprint density at radius 3 is 2.67 bits per heavy atom. The van der Waals surface area contributed by atoms with Gasteiger partial charge in [0.2, 0.25) is 5.91 Å². The van der Waals surface area contributed by atoms with E-state index in [0.717, 1.165) is 62.9 Å². The summed E-state index contributed by atoms with van der Waals surface area (Å²) in [7, 11) is 0. The minimum atomic E-state index is -0.282. The van der Waals surface area contributed by atoms with Crippen LogP contribution in [0.3, 0.4) is 0 Å². The Balaban J connectivity index is 1.20. The number of halogens is 1. The van der Waals surface area contributed by atoms with E-state index in [0.29, 0.717) is 29.2 Å². The van der Waals surface area contributed by atoms with Crippen LogP contribution in [0, 0.1) is 18.7 Å². The number of benzene rings is 1. The van der Waals surface area contributed by atoms with Crippen LogP contribution in [0.5, 0.6) is 0 Å². The third kappa shape index (κ3) is 5.13. The molecule has 6 aromatic rings. The second-order valence-electron chi connectivity index (χ2n) is 11.2. The van der Waals surface area contributed by atoms with Crippen LogP contribution in [0.25, 0.3) is 55.7 Å². The van der Waals surface area contributed by atoms with E-state index in [1.165, 1.54) is 31.4 Å². The van der Waals surface area contributed by atoms with E-state index in [4.69, 9.17) is 4.98 Å². The molecular weight excluding hydrogens is 529 g/mol. The number of aromatic nitrogens is 6. The zero-order valence-electron chi connectivity index (χ0n) is 23.2. The maximum absolute atomic E-state index is 14.2. The van der Waals surface area contributed by atoms with Crippen molar-refractivity contribution in [2.45, 2.75) is 45.4 Å². The van der Waals surface area contributed by atoms with Gasteiger partial charge in [-0.3, -0.25) is 19.9 Å². The Hall–Kier alpha value is -4.92. The van der Waals surface area contributed by atoms with Crippen molar-refractivity contribution in [1.82, 2.24) is 30.1 Å². The zero-order chi connectivity index (χ0) is 28.6. The summed E-state index contributed by atoms with van der Waals surface area (Å²) < 4.78 is 14.2. The second kappa shape index (κ2) is 10.8. The van der Waals surface area contributed by atoms with Gasteiger partial charge >= 0.3 is 0 Å². The van der Waals surface area contributed by atoms with Gasteiger partial charge in [-0.1, -0.05) is 25.3 Å². The number of amides is 1. The van der Waals surface area contributed by atoms with Gasteiger partial charge in [-0.2, -0.15) is 5.10 Å². The first-order chi connectivity index (χ1) is 20.5. The number of nitrogens with zero attached hydrogens (tertiary/aromatic N) is 4. The van der Waals surface area contributed by atoms with Gasteiger partial charge in [0.25, 0.3) is 0 Å². The Bertz CT molecular complexity index is 1920. The molecule has 5 heterocycles. The third-order valence-electron chi connectivity index (χ3n) is 8.08. The smallest absolute Gasteiger partial charge is 0.224 e. The number of hydrogen-bond acceptors (Lipinski definition) is 5. The summed E-state index contributed by atoms with van der Waals surface area (Å²) in [6.07, 6.45) is 13.4. The number of hydrogen-bond donors (Lipinski definition) is 3. The van der Waals surface area contributed by atoms with E-state index >= 15 is 0 Å². The largest absolute Gasteiger partial charge is 0.352 e. The van der Waals surface area contributed by atoms with Crippen LogP contribution in [-0.4, -0.2) is 36.0 Å². The van der Waals surface area contributed by atoms with Crippen LogP contribution in [-0.2, 0) is 4.79 Å². The molecule has 1 aliphatic carbocycles. The lowest BCUT2D eigenvalue weighted by Gasteiger charge is -2.20. The van der Waals surface area contributed by atoms with Gasteiger partial charge in [-0.25, -0.2) is 9.37 Å². The average molecular weight is 560 g/mol. The quantitative estimate of drug-likeness (QED) is 0.195. The molecule has 0 unspecified atom stereocenters. The van der Waals surface area contributed by atoms with Crippen molar-refractivity contribution in [3.63, 3.8) is 0 Å². The first-order valence-corrected chi connectivity index (χ1v) is 14.4. The van der Waals surface area contributed by atoms with E-state index in [-0.39, 0.29) is 11.7 Å². The van der Waals surface area contributed by atoms with Crippen LogP contribution in [0.4, 0.5) is 10.1 Å². The molecule has 8 nitrogen and oxygen atoms in total. The number of pyridine rings is 3. The van der Waals surface area contributed by atoms with Crippen molar-refractivity contribution in [3.8, 4) is 33.8 Å². The van der Waals surface area contributed by atoms with E-state index in [1.807, 2.05) is 37.3 Å². The van der Waals surface area contributed by atoms with E-state index < -0.39 is 0 Å². The third-order valence-corrected chi connectivity index (χ3v) is 8.08. The fourth-order valence-electron chi connectivity index (χ4n) is 6.06. The normalized spacial score (nSPS) is 14.0. The molecule has 42 heavy (non-hydrogen) atoms. The van der Waals surface area contributed by atoms with Crippen LogP contribution in [0.1, 0.15) is 44.1 Å². The summed E-state index contributed by atoms with van der Waals surface area (Å²) >= 11 is 0. The van der Waals surface area contributed by atoms with Crippen molar-refractivity contribution in [3.05, 3.63) is 78.6 Å². The van der Waals surface area contributed by atoms with Gasteiger partial charge < -0.3 is 10.3 Å². The molecule has 0 atom stereocenters. The first-order valence-electron chi connectivity index (χ1n) is 14.4. The van der Waals surface area contributed by atoms with Crippen LogP contribution in [0.2, 0.25) is 0 Å². The predicted octanol–water partition coefficient (Wildman–Crippen LogP) is 7.59. The number of anilines is 1. The van der Waals surface area contributed by atoms with Gasteiger partial charge in [-0.15, -0.1) is 0 Å². The van der Waals surface area contributed by atoms with Crippen molar-refractivity contribution >= 4 is 33.5 Å². The number of carbonyl (C=O) groups is 1. The van der Waals surface area contributed by atoms with Gasteiger partial charge in [-0.05, 0) is 73.2 Å². The lowest BCUT2D eigenvalue weighted by Crippen LogP contribution is -2.18. The Morgan fingerprint density at radius 1 is 0.952 bits per heavy atom. The lowest BCUT2D eigenvalue weighted by atomic mass is 9.87. The molecule has 1 saturated carbocycles. The molecule has 0 spiro atoms. The topological polar surface area (TPSA) is 112 Å². The fourth-order valence-corrected chi connectivity index (χ4v) is 6.06. The van der Waals surface area contributed by atoms with Crippen LogP contribution < -0.4 is 5.32 Å². The van der Waals surface area contributed by atoms with Crippen molar-refractivity contribution in [2.24, 2.45) is 5.92 Å². The van der Waals surface area contributed by atoms with Gasteiger partial charge in [0.15, 0.2) is 0 Å². The Morgan fingerprint density at radius 2 is 1.81 bits per heavy atom. The SMILES string of the molecule is Cc1cc(F)cc(-c2cncc3[nH]c(-c4n[nH]c5ccc(-c6cncc(NC(=O)CC7CCCCC7)c6)nc45)cc23)c1. The molecule has 0 aliphatic heterocycles. The molecule has 7 rings (SSSR count). The van der Waals surface area contributed by atoms with Crippen LogP contribution >= 0.6 is 0 Å². The molecule has 3 N–H and O–H groups in total. The molecule has 1 aliphatic rings. The number of aromatic amines is 2. The van der Waals surface area contributed by atoms with E-state index in [1.54, 1.807) is 24.8 Å². The lowest BCUT2D eigenvalue weighted by molar-refractivity contribution is -0.117. The average Bonchev–Trinajstić information content (AvgIpc) is 3.61. The van der Waals surface area contributed by atoms with Gasteiger partial charge in [0, 0.05) is 35.3 Å². The fraction of sp³-hybridized carbons (Fsp3) is 0.242. The summed E-state index contributed by atoms with van der Waals surface area (Å²) in [6, 6.07) is 12.7. The molecule has 0 bridgehead atoms. The molecule has 5 aromatic heterocycles. The second-order valence-corrected chi connectivity index (χ2v) is 11.2. The highest BCUT2D eigenvalue weighted by Gasteiger charge is 2.19. The van der Waals surface area contributed by atoms with Gasteiger partial charge in [0.05, 0.1) is 40.5 Å². The molecule has 0 radical (unpaired) electrons. The number of aryl methyl sites for hydroxylation is 1. The molecule has 1 amide bonds. The molecule has 1 aromatic carbocycles. The van der Waals surface area contributed by atoms with Crippen molar-refractivity contribution in [1.29, 1.82) is 0 Å². The Labute approximate surface area is 241 Å². The molecule has 0 saturated heterocycles. The highest BCUT2D eigenvalue weighted by atomic mass is 19.1. The summed E-state index contributed by atoms with van der Waals surface area (Å²) in [4.78, 5) is 29.8. The zero-order valence-corrected chi connectivity index (χ0v) is 23.2. The number of rotatable bonds is 6. The minimum Gasteiger partial charge on any atom is -0.352 e. The maximum atomic E-state index is 14.2. The van der Waals surface area contributed by atoms with Gasteiger partial charge in [0.1, 0.15) is 17.0 Å². The van der Waals surface area contributed by atoms with E-state index in [2.05, 4.69) is 30.5 Å². The summed E-state index contributed by atoms with van der Waals surface area (Å²) in [5, 5.41) is 11.6.